The summed E-state index contributed by atoms with van der Waals surface area (Å²) in [5.74, 6) is -0.0236. The molecule has 0 aromatic heterocycles. The second-order valence-corrected chi connectivity index (χ2v) is 6.25. The molecule has 3 nitrogen and oxygen atoms in total. The first-order chi connectivity index (χ1) is 10.4. The Balaban J connectivity index is 2.61. The Kier molecular flexibility index (Phi) is 4.84. The Bertz CT molecular complexity index is 613. The van der Waals surface area contributed by atoms with Gasteiger partial charge in [-0.2, -0.15) is 0 Å². The molecule has 0 aromatic rings. The highest BCUT2D eigenvalue weighted by molar-refractivity contribution is 6.06. The van der Waals surface area contributed by atoms with E-state index in [-0.39, 0.29) is 17.7 Å². The lowest BCUT2D eigenvalue weighted by Gasteiger charge is -2.23. The van der Waals surface area contributed by atoms with Crippen LogP contribution in [0.15, 0.2) is 46.6 Å². The van der Waals surface area contributed by atoms with Gasteiger partial charge in [-0.25, -0.2) is 4.79 Å². The molecule has 0 N–H and O–H groups in total. The van der Waals surface area contributed by atoms with Crippen LogP contribution >= 0.6 is 0 Å². The van der Waals surface area contributed by atoms with Crippen LogP contribution in [0.25, 0.3) is 0 Å². The van der Waals surface area contributed by atoms with Crippen molar-refractivity contribution in [1.29, 1.82) is 0 Å². The van der Waals surface area contributed by atoms with E-state index in [9.17, 15) is 9.59 Å². The van der Waals surface area contributed by atoms with Crippen LogP contribution in [0.2, 0.25) is 0 Å². The molecular weight excluding hydrogens is 276 g/mol. The fourth-order valence-corrected chi connectivity index (χ4v) is 3.08. The fourth-order valence-electron chi connectivity index (χ4n) is 3.08. The molecule has 2 rings (SSSR count). The molecule has 0 bridgehead atoms. The summed E-state index contributed by atoms with van der Waals surface area (Å²) in [7, 11) is 0. The Morgan fingerprint density at radius 3 is 2.41 bits per heavy atom. The zero-order valence-electron chi connectivity index (χ0n) is 13.8. The van der Waals surface area contributed by atoms with E-state index in [1.54, 1.807) is 13.8 Å². The highest BCUT2D eigenvalue weighted by Crippen LogP contribution is 2.46. The molecule has 0 saturated heterocycles. The van der Waals surface area contributed by atoms with Crippen LogP contribution in [-0.4, -0.2) is 18.4 Å². The Morgan fingerprint density at radius 1 is 1.32 bits per heavy atom. The van der Waals surface area contributed by atoms with E-state index in [1.807, 2.05) is 6.92 Å². The summed E-state index contributed by atoms with van der Waals surface area (Å²) in [6.07, 6.45) is 3.12. The lowest BCUT2D eigenvalue weighted by Crippen LogP contribution is -2.20. The molecule has 0 radical (unpaired) electrons. The standard InChI is InChI=1S/C19H24O3/c1-6-22-19(21)16(11(2)3)18(14-7-8-14)17-13(5)9-12(4)10-15(17)20/h14H,2,4,6-10H2,1,3,5H3/b18-16+. The van der Waals surface area contributed by atoms with Crippen molar-refractivity contribution in [2.45, 2.75) is 46.5 Å². The molecule has 0 aliphatic heterocycles. The molecule has 0 amide bonds. The summed E-state index contributed by atoms with van der Waals surface area (Å²) in [5.41, 5.74) is 4.69. The molecule has 0 unspecified atom stereocenters. The summed E-state index contributed by atoms with van der Waals surface area (Å²) in [6, 6.07) is 0. The van der Waals surface area contributed by atoms with E-state index in [0.717, 1.165) is 41.6 Å². The molecule has 118 valence electrons. The maximum Gasteiger partial charge on any atom is 0.338 e. The van der Waals surface area contributed by atoms with Crippen molar-refractivity contribution in [3.63, 3.8) is 0 Å². The highest BCUT2D eigenvalue weighted by atomic mass is 16.5. The van der Waals surface area contributed by atoms with Gasteiger partial charge in [0.2, 0.25) is 0 Å². The maximum absolute atomic E-state index is 12.6. The van der Waals surface area contributed by atoms with Gasteiger partial charge in [0.1, 0.15) is 0 Å². The molecule has 2 aliphatic carbocycles. The number of ether oxygens (including phenoxy) is 1. The smallest absolute Gasteiger partial charge is 0.338 e. The summed E-state index contributed by atoms with van der Waals surface area (Å²) >= 11 is 0. The van der Waals surface area contributed by atoms with Crippen molar-refractivity contribution < 1.29 is 14.3 Å². The normalized spacial score (nSPS) is 20.0. The Morgan fingerprint density at radius 2 is 1.95 bits per heavy atom. The maximum atomic E-state index is 12.6. The second-order valence-electron chi connectivity index (χ2n) is 6.25. The van der Waals surface area contributed by atoms with Gasteiger partial charge in [0.05, 0.1) is 12.2 Å². The van der Waals surface area contributed by atoms with E-state index >= 15 is 0 Å². The first kappa shape index (κ1) is 16.5. The summed E-state index contributed by atoms with van der Waals surface area (Å²) in [4.78, 5) is 24.9. The van der Waals surface area contributed by atoms with Gasteiger partial charge in [-0.3, -0.25) is 4.79 Å². The number of hydrogen-bond acceptors (Lipinski definition) is 3. The molecular formula is C19H24O3. The van der Waals surface area contributed by atoms with Crippen molar-refractivity contribution in [1.82, 2.24) is 0 Å². The lowest BCUT2D eigenvalue weighted by molar-refractivity contribution is -0.138. The number of carbonyl (C=O) groups excluding carboxylic acids is 2. The third-order valence-corrected chi connectivity index (χ3v) is 4.06. The first-order valence-electron chi connectivity index (χ1n) is 7.83. The average Bonchev–Trinajstić information content (AvgIpc) is 3.20. The van der Waals surface area contributed by atoms with Gasteiger partial charge < -0.3 is 4.74 Å². The average molecular weight is 300 g/mol. The van der Waals surface area contributed by atoms with Crippen molar-refractivity contribution in [2.75, 3.05) is 6.61 Å². The van der Waals surface area contributed by atoms with E-state index in [0.29, 0.717) is 24.2 Å². The quantitative estimate of drug-likeness (QED) is 0.333. The zero-order valence-corrected chi connectivity index (χ0v) is 13.8. The van der Waals surface area contributed by atoms with E-state index < -0.39 is 0 Å². The van der Waals surface area contributed by atoms with E-state index in [2.05, 4.69) is 13.2 Å². The molecule has 0 aromatic carbocycles. The van der Waals surface area contributed by atoms with Crippen LogP contribution in [-0.2, 0) is 14.3 Å². The highest BCUT2D eigenvalue weighted by Gasteiger charge is 2.37. The molecule has 0 spiro atoms. The number of hydrogen-bond donors (Lipinski definition) is 0. The SMILES string of the molecule is C=C1CC(=O)C(/C(=C(\C(=C)C)C(=O)OCC)C2CC2)=C(C)C1. The van der Waals surface area contributed by atoms with Gasteiger partial charge in [-0.05, 0) is 57.1 Å². The molecule has 3 heteroatoms. The number of allylic oxidation sites excluding steroid dienone is 4. The third kappa shape index (κ3) is 3.29. The van der Waals surface area contributed by atoms with Crippen LogP contribution < -0.4 is 0 Å². The van der Waals surface area contributed by atoms with Crippen LogP contribution in [0.1, 0.15) is 46.5 Å². The predicted octanol–water partition coefficient (Wildman–Crippen LogP) is 4.07. The minimum Gasteiger partial charge on any atom is -0.462 e. The molecule has 1 saturated carbocycles. The van der Waals surface area contributed by atoms with Gasteiger partial charge in [0, 0.05) is 12.0 Å². The largest absolute Gasteiger partial charge is 0.462 e. The lowest BCUT2D eigenvalue weighted by atomic mass is 9.80. The van der Waals surface area contributed by atoms with Crippen molar-refractivity contribution in [3.8, 4) is 0 Å². The van der Waals surface area contributed by atoms with Crippen molar-refractivity contribution in [2.24, 2.45) is 5.92 Å². The minimum atomic E-state index is -0.366. The monoisotopic (exact) mass is 300 g/mol. The van der Waals surface area contributed by atoms with Crippen LogP contribution in [0.3, 0.4) is 0 Å². The van der Waals surface area contributed by atoms with E-state index in [1.165, 1.54) is 0 Å². The molecule has 0 atom stereocenters. The topological polar surface area (TPSA) is 43.4 Å². The van der Waals surface area contributed by atoms with Crippen LogP contribution in [0.4, 0.5) is 0 Å². The Labute approximate surface area is 132 Å². The van der Waals surface area contributed by atoms with Gasteiger partial charge in [0.15, 0.2) is 5.78 Å². The number of carbonyl (C=O) groups is 2. The van der Waals surface area contributed by atoms with Crippen LogP contribution in [0, 0.1) is 5.92 Å². The van der Waals surface area contributed by atoms with Crippen molar-refractivity contribution in [3.05, 3.63) is 46.6 Å². The summed E-state index contributed by atoms with van der Waals surface area (Å²) in [6.45, 7) is 13.7. The Hall–Kier alpha value is -1.90. The fraction of sp³-hybridized carbons (Fsp3) is 0.474. The summed E-state index contributed by atoms with van der Waals surface area (Å²) in [5, 5.41) is 0. The summed E-state index contributed by atoms with van der Waals surface area (Å²) < 4.78 is 5.20. The number of rotatable bonds is 5. The first-order valence-corrected chi connectivity index (χ1v) is 7.83. The van der Waals surface area contributed by atoms with Gasteiger partial charge in [-0.1, -0.05) is 24.3 Å². The molecule has 22 heavy (non-hydrogen) atoms. The molecule has 0 heterocycles. The number of esters is 1. The second kappa shape index (κ2) is 6.47. The number of ketones is 1. The zero-order chi connectivity index (χ0) is 16.4. The van der Waals surface area contributed by atoms with E-state index in [4.69, 9.17) is 4.74 Å². The van der Waals surface area contributed by atoms with Crippen LogP contribution in [0.5, 0.6) is 0 Å². The molecule has 2 aliphatic rings. The van der Waals surface area contributed by atoms with Gasteiger partial charge in [0.25, 0.3) is 0 Å². The number of Topliss-reactive ketones (excluding diaryl/α,β-unsaturated/α-hetero) is 1. The predicted molar refractivity (Wildman–Crippen MR) is 87.3 cm³/mol. The van der Waals surface area contributed by atoms with Crippen molar-refractivity contribution >= 4 is 11.8 Å². The minimum absolute atomic E-state index is 0.0682. The van der Waals surface area contributed by atoms with Gasteiger partial charge >= 0.3 is 5.97 Å². The molecule has 1 fully saturated rings. The third-order valence-electron chi connectivity index (χ3n) is 4.06. The van der Waals surface area contributed by atoms with Gasteiger partial charge in [-0.15, -0.1) is 0 Å².